The number of likely N-dealkylation sites (tertiary alicyclic amines) is 1. The summed E-state index contributed by atoms with van der Waals surface area (Å²) in [6, 6.07) is 4.16. The van der Waals surface area contributed by atoms with Gasteiger partial charge in [-0.15, -0.1) is 0 Å². The van der Waals surface area contributed by atoms with Crippen molar-refractivity contribution in [3.8, 4) is 11.5 Å². The second-order valence-electron chi connectivity index (χ2n) is 5.55. The average molecular weight is 326 g/mol. The highest BCUT2D eigenvalue weighted by atomic mass is 79.9. The molecule has 1 fully saturated rings. The van der Waals surface area contributed by atoms with E-state index in [4.69, 9.17) is 9.47 Å². The minimum absolute atomic E-state index is 0.642. The molecule has 0 aromatic heterocycles. The maximum atomic E-state index is 5.66. The van der Waals surface area contributed by atoms with Gasteiger partial charge in [-0.3, -0.25) is 4.90 Å². The third-order valence-electron chi connectivity index (χ3n) is 3.98. The van der Waals surface area contributed by atoms with Gasteiger partial charge in [-0.2, -0.15) is 0 Å². The van der Waals surface area contributed by atoms with Gasteiger partial charge in [0, 0.05) is 11.0 Å². The number of fused-ring (bicyclic) bond motifs is 1. The molecule has 104 valence electrons. The molecule has 3 rings (SSSR count). The molecule has 2 heterocycles. The van der Waals surface area contributed by atoms with Crippen molar-refractivity contribution in [2.24, 2.45) is 5.92 Å². The molecule has 0 aliphatic carbocycles. The molecule has 0 N–H and O–H groups in total. The topological polar surface area (TPSA) is 21.7 Å². The van der Waals surface area contributed by atoms with Crippen molar-refractivity contribution in [2.45, 2.75) is 26.3 Å². The lowest BCUT2D eigenvalue weighted by atomic mass is 9.99. The van der Waals surface area contributed by atoms with Gasteiger partial charge in [0.15, 0.2) is 11.5 Å². The molecule has 1 saturated heterocycles. The van der Waals surface area contributed by atoms with Gasteiger partial charge in [0.05, 0.1) is 0 Å². The minimum atomic E-state index is 0.642. The van der Waals surface area contributed by atoms with Crippen LogP contribution in [-0.2, 0) is 6.54 Å². The normalized spacial score (nSPS) is 20.5. The largest absolute Gasteiger partial charge is 0.486 e. The lowest BCUT2D eigenvalue weighted by molar-refractivity contribution is 0.169. The van der Waals surface area contributed by atoms with E-state index in [1.165, 1.54) is 31.5 Å². The standard InChI is InChI=1S/C15H20BrNO2/c1-11-2-4-17(5-3-11)10-12-8-14-15(9-13(12)16)19-7-6-18-14/h8-9,11H,2-7,10H2,1H3. The van der Waals surface area contributed by atoms with Crippen molar-refractivity contribution in [3.05, 3.63) is 22.2 Å². The van der Waals surface area contributed by atoms with Crippen molar-refractivity contribution in [3.63, 3.8) is 0 Å². The second-order valence-corrected chi connectivity index (χ2v) is 6.40. The highest BCUT2D eigenvalue weighted by Gasteiger charge is 2.19. The summed E-state index contributed by atoms with van der Waals surface area (Å²) in [5.74, 6) is 2.61. The first-order valence-electron chi connectivity index (χ1n) is 7.03. The van der Waals surface area contributed by atoms with Crippen LogP contribution in [0.5, 0.6) is 11.5 Å². The van der Waals surface area contributed by atoms with Gasteiger partial charge in [-0.1, -0.05) is 22.9 Å². The van der Waals surface area contributed by atoms with Crippen molar-refractivity contribution in [2.75, 3.05) is 26.3 Å². The van der Waals surface area contributed by atoms with E-state index >= 15 is 0 Å². The average Bonchev–Trinajstić information content (AvgIpc) is 2.42. The number of nitrogens with zero attached hydrogens (tertiary/aromatic N) is 1. The first-order valence-corrected chi connectivity index (χ1v) is 7.82. The lowest BCUT2D eigenvalue weighted by Gasteiger charge is -2.30. The van der Waals surface area contributed by atoms with E-state index in [1.807, 2.05) is 6.07 Å². The molecule has 19 heavy (non-hydrogen) atoms. The molecule has 0 saturated carbocycles. The zero-order chi connectivity index (χ0) is 13.2. The molecular formula is C15H20BrNO2. The van der Waals surface area contributed by atoms with Gasteiger partial charge in [0.2, 0.25) is 0 Å². The Labute approximate surface area is 123 Å². The van der Waals surface area contributed by atoms with Crippen molar-refractivity contribution < 1.29 is 9.47 Å². The van der Waals surface area contributed by atoms with Gasteiger partial charge in [-0.25, -0.2) is 0 Å². The molecule has 2 aliphatic rings. The van der Waals surface area contributed by atoms with E-state index < -0.39 is 0 Å². The van der Waals surface area contributed by atoms with Crippen LogP contribution in [0, 0.1) is 5.92 Å². The fraction of sp³-hybridized carbons (Fsp3) is 0.600. The van der Waals surface area contributed by atoms with Crippen LogP contribution in [-0.4, -0.2) is 31.2 Å². The molecule has 1 aromatic carbocycles. The van der Waals surface area contributed by atoms with Crippen molar-refractivity contribution >= 4 is 15.9 Å². The number of hydrogen-bond donors (Lipinski definition) is 0. The van der Waals surface area contributed by atoms with Gasteiger partial charge in [0.1, 0.15) is 13.2 Å². The van der Waals surface area contributed by atoms with Gasteiger partial charge < -0.3 is 9.47 Å². The molecule has 3 nitrogen and oxygen atoms in total. The Morgan fingerprint density at radius 1 is 1.16 bits per heavy atom. The molecule has 0 amide bonds. The highest BCUT2D eigenvalue weighted by Crippen LogP contribution is 2.36. The summed E-state index contributed by atoms with van der Waals surface area (Å²) < 4.78 is 12.4. The zero-order valence-corrected chi connectivity index (χ0v) is 12.9. The third kappa shape index (κ3) is 3.06. The molecule has 4 heteroatoms. The molecule has 0 spiro atoms. The summed E-state index contributed by atoms with van der Waals surface area (Å²) in [4.78, 5) is 2.52. The van der Waals surface area contributed by atoms with Crippen molar-refractivity contribution in [1.29, 1.82) is 0 Å². The first kappa shape index (κ1) is 13.3. The summed E-state index contributed by atoms with van der Waals surface area (Å²) in [5.41, 5.74) is 1.29. The van der Waals surface area contributed by atoms with Crippen molar-refractivity contribution in [1.82, 2.24) is 4.90 Å². The van der Waals surface area contributed by atoms with Crippen LogP contribution in [0.1, 0.15) is 25.3 Å². The quantitative estimate of drug-likeness (QED) is 0.831. The maximum absolute atomic E-state index is 5.66. The van der Waals surface area contributed by atoms with Crippen LogP contribution in [0.15, 0.2) is 16.6 Å². The van der Waals surface area contributed by atoms with E-state index in [1.54, 1.807) is 0 Å². The molecule has 0 unspecified atom stereocenters. The van der Waals surface area contributed by atoms with Crippen LogP contribution in [0.4, 0.5) is 0 Å². The highest BCUT2D eigenvalue weighted by molar-refractivity contribution is 9.10. The fourth-order valence-corrected chi connectivity index (χ4v) is 3.14. The molecular weight excluding hydrogens is 306 g/mol. The predicted octanol–water partition coefficient (Wildman–Crippen LogP) is 3.45. The zero-order valence-electron chi connectivity index (χ0n) is 11.3. The SMILES string of the molecule is CC1CCN(Cc2cc3c(cc2Br)OCCO3)CC1. The number of benzene rings is 1. The molecule has 0 bridgehead atoms. The number of rotatable bonds is 2. The van der Waals surface area contributed by atoms with Gasteiger partial charge in [0.25, 0.3) is 0 Å². The number of piperidine rings is 1. The Hall–Kier alpha value is -0.740. The molecule has 0 atom stereocenters. The minimum Gasteiger partial charge on any atom is -0.486 e. The molecule has 0 radical (unpaired) electrons. The Kier molecular flexibility index (Phi) is 3.99. The van der Waals surface area contributed by atoms with Crippen LogP contribution < -0.4 is 9.47 Å². The smallest absolute Gasteiger partial charge is 0.162 e. The third-order valence-corrected chi connectivity index (χ3v) is 4.72. The number of ether oxygens (including phenoxy) is 2. The monoisotopic (exact) mass is 325 g/mol. The van der Waals surface area contributed by atoms with E-state index in [-0.39, 0.29) is 0 Å². The van der Waals surface area contributed by atoms with E-state index in [0.717, 1.165) is 28.4 Å². The van der Waals surface area contributed by atoms with E-state index in [9.17, 15) is 0 Å². The summed E-state index contributed by atoms with van der Waals surface area (Å²) in [6.07, 6.45) is 2.62. The van der Waals surface area contributed by atoms with E-state index in [0.29, 0.717) is 13.2 Å². The maximum Gasteiger partial charge on any atom is 0.162 e. The lowest BCUT2D eigenvalue weighted by Crippen LogP contribution is -2.32. The van der Waals surface area contributed by atoms with Crippen LogP contribution >= 0.6 is 15.9 Å². The van der Waals surface area contributed by atoms with Crippen LogP contribution in [0.3, 0.4) is 0 Å². The molecule has 1 aromatic rings. The van der Waals surface area contributed by atoms with Gasteiger partial charge >= 0.3 is 0 Å². The van der Waals surface area contributed by atoms with Crippen LogP contribution in [0.25, 0.3) is 0 Å². The first-order chi connectivity index (χ1) is 9.22. The Morgan fingerprint density at radius 2 is 1.79 bits per heavy atom. The number of hydrogen-bond acceptors (Lipinski definition) is 3. The summed E-state index contributed by atoms with van der Waals surface area (Å²) in [7, 11) is 0. The fourth-order valence-electron chi connectivity index (χ4n) is 2.69. The second kappa shape index (κ2) is 5.71. The number of halogens is 1. The summed E-state index contributed by atoms with van der Waals surface area (Å²) in [5, 5.41) is 0. The Morgan fingerprint density at radius 3 is 2.47 bits per heavy atom. The Balaban J connectivity index is 1.73. The van der Waals surface area contributed by atoms with Crippen LogP contribution in [0.2, 0.25) is 0 Å². The van der Waals surface area contributed by atoms with E-state index in [2.05, 4.69) is 33.8 Å². The summed E-state index contributed by atoms with van der Waals surface area (Å²) in [6.45, 7) is 7.02. The predicted molar refractivity (Wildman–Crippen MR) is 78.8 cm³/mol. The van der Waals surface area contributed by atoms with Gasteiger partial charge in [-0.05, 0) is 49.5 Å². The molecule has 2 aliphatic heterocycles. The Bertz CT molecular complexity index is 456. The summed E-state index contributed by atoms with van der Waals surface area (Å²) >= 11 is 3.65.